The van der Waals surface area contributed by atoms with E-state index in [0.29, 0.717) is 11.5 Å². The van der Waals surface area contributed by atoms with E-state index < -0.39 is 0 Å². The maximum absolute atomic E-state index is 11.1. The van der Waals surface area contributed by atoms with E-state index >= 15 is 0 Å². The zero-order valence-electron chi connectivity index (χ0n) is 10.6. The second-order valence-electron chi connectivity index (χ2n) is 4.14. The normalized spacial score (nSPS) is 10.4. The highest BCUT2D eigenvalue weighted by atomic mass is 16.1. The topological polar surface area (TPSA) is 85.8 Å². The first-order chi connectivity index (χ1) is 8.49. The van der Waals surface area contributed by atoms with Gasteiger partial charge in [-0.05, 0) is 12.5 Å². The van der Waals surface area contributed by atoms with E-state index in [-0.39, 0.29) is 5.91 Å². The molecule has 0 aliphatic carbocycles. The number of pyridine rings is 1. The fourth-order valence-electron chi connectivity index (χ4n) is 1.85. The number of hydrogen-bond acceptors (Lipinski definition) is 4. The molecule has 0 fully saturated rings. The van der Waals surface area contributed by atoms with E-state index in [1.807, 2.05) is 20.2 Å². The molecule has 94 valence electrons. The first kappa shape index (κ1) is 12.1. The Morgan fingerprint density at radius 1 is 1.44 bits per heavy atom. The highest BCUT2D eigenvalue weighted by Crippen LogP contribution is 2.31. The second-order valence-corrected chi connectivity index (χ2v) is 4.14. The predicted octanol–water partition coefficient (Wildman–Crippen LogP) is 1.33. The standard InChI is InChI=1S/C12H15N5O/c1-7-10(16-8(2)18)5-14-12(13)11(7)9-4-15-17(3)6-9/h4-6H,1-3H3,(H2,13,14)(H,16,18). The Hall–Kier alpha value is -2.37. The number of nitrogen functional groups attached to an aromatic ring is 1. The molecule has 18 heavy (non-hydrogen) atoms. The van der Waals surface area contributed by atoms with Crippen molar-refractivity contribution in [3.63, 3.8) is 0 Å². The van der Waals surface area contributed by atoms with E-state index in [2.05, 4.69) is 15.4 Å². The van der Waals surface area contributed by atoms with Crippen LogP contribution >= 0.6 is 0 Å². The van der Waals surface area contributed by atoms with Crippen molar-refractivity contribution >= 4 is 17.4 Å². The van der Waals surface area contributed by atoms with Gasteiger partial charge < -0.3 is 11.1 Å². The average Bonchev–Trinajstić information content (AvgIpc) is 2.69. The van der Waals surface area contributed by atoms with Crippen molar-refractivity contribution in [3.05, 3.63) is 24.2 Å². The number of nitrogens with one attached hydrogen (secondary N) is 1. The Balaban J connectivity index is 2.55. The number of nitrogens with two attached hydrogens (primary N) is 1. The lowest BCUT2D eigenvalue weighted by Crippen LogP contribution is -2.09. The molecule has 0 aromatic carbocycles. The van der Waals surface area contributed by atoms with E-state index in [0.717, 1.165) is 16.7 Å². The third-order valence-corrected chi connectivity index (χ3v) is 2.67. The summed E-state index contributed by atoms with van der Waals surface area (Å²) in [6.07, 6.45) is 5.14. The number of carbonyl (C=O) groups is 1. The van der Waals surface area contributed by atoms with Gasteiger partial charge in [-0.25, -0.2) is 4.98 Å². The minimum atomic E-state index is -0.137. The van der Waals surface area contributed by atoms with Crippen LogP contribution in [0.4, 0.5) is 11.5 Å². The van der Waals surface area contributed by atoms with Crippen LogP contribution in [0, 0.1) is 6.92 Å². The average molecular weight is 245 g/mol. The van der Waals surface area contributed by atoms with Crippen LogP contribution in [0.3, 0.4) is 0 Å². The van der Waals surface area contributed by atoms with Crippen molar-refractivity contribution in [1.29, 1.82) is 0 Å². The summed E-state index contributed by atoms with van der Waals surface area (Å²) in [4.78, 5) is 15.2. The zero-order valence-corrected chi connectivity index (χ0v) is 10.6. The van der Waals surface area contributed by atoms with Crippen molar-refractivity contribution in [2.75, 3.05) is 11.1 Å². The van der Waals surface area contributed by atoms with Crippen molar-refractivity contribution in [1.82, 2.24) is 14.8 Å². The molecule has 0 bridgehead atoms. The van der Waals surface area contributed by atoms with Crippen LogP contribution in [0.15, 0.2) is 18.6 Å². The number of hydrogen-bond donors (Lipinski definition) is 2. The number of carbonyl (C=O) groups excluding carboxylic acids is 1. The molecule has 0 unspecified atom stereocenters. The molecule has 0 saturated heterocycles. The number of amides is 1. The van der Waals surface area contributed by atoms with Crippen molar-refractivity contribution in [2.45, 2.75) is 13.8 Å². The zero-order chi connectivity index (χ0) is 13.3. The number of aryl methyl sites for hydroxylation is 1. The summed E-state index contributed by atoms with van der Waals surface area (Å²) in [5.41, 5.74) is 9.13. The molecule has 0 aliphatic heterocycles. The van der Waals surface area contributed by atoms with Crippen LogP contribution in [0.1, 0.15) is 12.5 Å². The third-order valence-electron chi connectivity index (χ3n) is 2.67. The minimum Gasteiger partial charge on any atom is -0.383 e. The SMILES string of the molecule is CC(=O)Nc1cnc(N)c(-c2cnn(C)c2)c1C. The number of anilines is 2. The lowest BCUT2D eigenvalue weighted by atomic mass is 10.0. The van der Waals surface area contributed by atoms with Gasteiger partial charge in [0.1, 0.15) is 5.82 Å². The Kier molecular flexibility index (Phi) is 3.01. The molecule has 6 heteroatoms. The number of rotatable bonds is 2. The second kappa shape index (κ2) is 4.48. The summed E-state index contributed by atoms with van der Waals surface area (Å²) in [7, 11) is 1.83. The number of nitrogens with zero attached hydrogens (tertiary/aromatic N) is 3. The quantitative estimate of drug-likeness (QED) is 0.835. The molecule has 2 aromatic rings. The number of aromatic nitrogens is 3. The Labute approximate surface area is 105 Å². The molecular weight excluding hydrogens is 230 g/mol. The van der Waals surface area contributed by atoms with Gasteiger partial charge >= 0.3 is 0 Å². The van der Waals surface area contributed by atoms with Crippen LogP contribution in [-0.2, 0) is 11.8 Å². The molecule has 0 radical (unpaired) electrons. The largest absolute Gasteiger partial charge is 0.383 e. The fourth-order valence-corrected chi connectivity index (χ4v) is 1.85. The van der Waals surface area contributed by atoms with Gasteiger partial charge in [0.25, 0.3) is 0 Å². The Morgan fingerprint density at radius 3 is 2.72 bits per heavy atom. The first-order valence-electron chi connectivity index (χ1n) is 5.50. The smallest absolute Gasteiger partial charge is 0.221 e. The van der Waals surface area contributed by atoms with Gasteiger partial charge in [-0.15, -0.1) is 0 Å². The highest BCUT2D eigenvalue weighted by Gasteiger charge is 2.13. The van der Waals surface area contributed by atoms with Crippen molar-refractivity contribution in [2.24, 2.45) is 7.05 Å². The molecular formula is C12H15N5O. The monoisotopic (exact) mass is 245 g/mol. The van der Waals surface area contributed by atoms with Crippen LogP contribution in [0.2, 0.25) is 0 Å². The van der Waals surface area contributed by atoms with Crippen LogP contribution < -0.4 is 11.1 Å². The van der Waals surface area contributed by atoms with Crippen molar-refractivity contribution in [3.8, 4) is 11.1 Å². The Morgan fingerprint density at radius 2 is 2.17 bits per heavy atom. The molecule has 0 saturated carbocycles. The van der Waals surface area contributed by atoms with Gasteiger partial charge in [0.2, 0.25) is 5.91 Å². The van der Waals surface area contributed by atoms with Gasteiger partial charge in [-0.3, -0.25) is 9.48 Å². The predicted molar refractivity (Wildman–Crippen MR) is 69.9 cm³/mol. The molecule has 2 rings (SSSR count). The molecule has 0 spiro atoms. The van der Waals surface area contributed by atoms with Crippen LogP contribution in [-0.4, -0.2) is 20.7 Å². The highest BCUT2D eigenvalue weighted by molar-refractivity contribution is 5.92. The summed E-state index contributed by atoms with van der Waals surface area (Å²) in [6.45, 7) is 3.35. The molecule has 0 aliphatic rings. The minimum absolute atomic E-state index is 0.137. The van der Waals surface area contributed by atoms with Crippen LogP contribution in [0.25, 0.3) is 11.1 Å². The Bertz CT molecular complexity index is 603. The molecule has 6 nitrogen and oxygen atoms in total. The molecule has 2 aromatic heterocycles. The van der Waals surface area contributed by atoms with Gasteiger partial charge in [0.05, 0.1) is 18.1 Å². The summed E-state index contributed by atoms with van der Waals surface area (Å²) < 4.78 is 1.69. The van der Waals surface area contributed by atoms with Gasteiger partial charge in [0, 0.05) is 31.3 Å². The summed E-state index contributed by atoms with van der Waals surface area (Å²) >= 11 is 0. The van der Waals surface area contributed by atoms with Crippen LogP contribution in [0.5, 0.6) is 0 Å². The lowest BCUT2D eigenvalue weighted by molar-refractivity contribution is -0.114. The maximum Gasteiger partial charge on any atom is 0.221 e. The maximum atomic E-state index is 11.1. The van der Waals surface area contributed by atoms with E-state index in [1.165, 1.54) is 6.92 Å². The first-order valence-corrected chi connectivity index (χ1v) is 5.50. The van der Waals surface area contributed by atoms with E-state index in [1.54, 1.807) is 17.1 Å². The summed E-state index contributed by atoms with van der Waals surface area (Å²) in [6, 6.07) is 0. The fraction of sp³-hybridized carbons (Fsp3) is 0.250. The van der Waals surface area contributed by atoms with E-state index in [4.69, 9.17) is 5.73 Å². The molecule has 0 atom stereocenters. The van der Waals surface area contributed by atoms with Gasteiger partial charge in [-0.2, -0.15) is 5.10 Å². The van der Waals surface area contributed by atoms with Gasteiger partial charge in [0.15, 0.2) is 0 Å². The van der Waals surface area contributed by atoms with Crippen molar-refractivity contribution < 1.29 is 4.79 Å². The molecule has 1 amide bonds. The summed E-state index contributed by atoms with van der Waals surface area (Å²) in [5.74, 6) is 0.288. The van der Waals surface area contributed by atoms with E-state index in [9.17, 15) is 4.79 Å². The molecule has 3 N–H and O–H groups in total. The molecule has 2 heterocycles. The van der Waals surface area contributed by atoms with Gasteiger partial charge in [-0.1, -0.05) is 0 Å². The summed E-state index contributed by atoms with van der Waals surface area (Å²) in [5, 5.41) is 6.84. The lowest BCUT2D eigenvalue weighted by Gasteiger charge is -2.12. The third kappa shape index (κ3) is 2.17.